The lowest BCUT2D eigenvalue weighted by Gasteiger charge is -2.41. The van der Waals surface area contributed by atoms with Crippen molar-refractivity contribution in [2.75, 3.05) is 13.2 Å². The molecular formula is C31H51O13P. The van der Waals surface area contributed by atoms with E-state index in [0.29, 0.717) is 19.3 Å². The number of unbranched alkanes of at least 4 members (excludes halogenated alkanes) is 2. The van der Waals surface area contributed by atoms with Crippen molar-refractivity contribution in [3.05, 3.63) is 48.6 Å². The van der Waals surface area contributed by atoms with Crippen molar-refractivity contribution in [1.29, 1.82) is 0 Å². The summed E-state index contributed by atoms with van der Waals surface area (Å²) in [7, 11) is -5.11. The van der Waals surface area contributed by atoms with Gasteiger partial charge in [0.05, 0.1) is 6.61 Å². The maximum Gasteiger partial charge on any atom is 0.472 e. The van der Waals surface area contributed by atoms with Crippen molar-refractivity contribution >= 4 is 19.8 Å². The molecule has 0 aromatic heterocycles. The second kappa shape index (κ2) is 23.2. The Hall–Kier alpha value is -2.19. The SMILES string of the molecule is CC/C=C\C/C=C\C/C=C\C/C=C\CCC(=O)OC(COC(=O)CCCCC)COP(=O)(O)OC1C(O)C(O)C(O)C(O)C1O. The van der Waals surface area contributed by atoms with E-state index in [2.05, 4.69) is 31.2 Å². The van der Waals surface area contributed by atoms with Crippen molar-refractivity contribution in [3.8, 4) is 0 Å². The zero-order chi connectivity index (χ0) is 33.7. The third-order valence-electron chi connectivity index (χ3n) is 6.70. The van der Waals surface area contributed by atoms with Gasteiger partial charge in [0.1, 0.15) is 43.2 Å². The number of rotatable bonds is 22. The predicted octanol–water partition coefficient (Wildman–Crippen LogP) is 2.93. The minimum Gasteiger partial charge on any atom is -0.462 e. The van der Waals surface area contributed by atoms with Crippen molar-refractivity contribution < 1.29 is 63.1 Å². The van der Waals surface area contributed by atoms with E-state index in [1.165, 1.54) is 0 Å². The number of carbonyl (C=O) groups excluding carboxylic acids is 2. The van der Waals surface area contributed by atoms with Gasteiger partial charge in [-0.2, -0.15) is 0 Å². The van der Waals surface area contributed by atoms with Gasteiger partial charge in [0.2, 0.25) is 0 Å². The van der Waals surface area contributed by atoms with Gasteiger partial charge >= 0.3 is 19.8 Å². The molecule has 1 fully saturated rings. The van der Waals surface area contributed by atoms with Crippen LogP contribution in [-0.2, 0) is 32.7 Å². The Kier molecular flexibility index (Phi) is 21.0. The van der Waals surface area contributed by atoms with Crippen LogP contribution in [0.3, 0.4) is 0 Å². The first kappa shape index (κ1) is 40.8. The van der Waals surface area contributed by atoms with Crippen LogP contribution in [0.15, 0.2) is 48.6 Å². The van der Waals surface area contributed by atoms with Crippen molar-refractivity contribution in [1.82, 2.24) is 0 Å². The molecule has 0 saturated heterocycles. The van der Waals surface area contributed by atoms with E-state index in [1.807, 2.05) is 31.2 Å². The van der Waals surface area contributed by atoms with E-state index in [0.717, 1.165) is 32.1 Å². The van der Waals surface area contributed by atoms with Gasteiger partial charge in [-0.15, -0.1) is 0 Å². The summed E-state index contributed by atoms with van der Waals surface area (Å²) in [6.45, 7) is 2.82. The summed E-state index contributed by atoms with van der Waals surface area (Å²) in [5.41, 5.74) is 0. The van der Waals surface area contributed by atoms with E-state index in [-0.39, 0.29) is 12.8 Å². The molecule has 1 aliphatic carbocycles. The second-order valence-corrected chi connectivity index (χ2v) is 12.0. The fourth-order valence-electron chi connectivity index (χ4n) is 4.12. The third-order valence-corrected chi connectivity index (χ3v) is 7.68. The molecule has 0 bridgehead atoms. The molecule has 6 N–H and O–H groups in total. The molecule has 45 heavy (non-hydrogen) atoms. The first-order chi connectivity index (χ1) is 21.4. The molecule has 0 heterocycles. The number of aliphatic hydroxyl groups is 5. The summed E-state index contributed by atoms with van der Waals surface area (Å²) >= 11 is 0. The van der Waals surface area contributed by atoms with E-state index >= 15 is 0 Å². The number of aliphatic hydroxyl groups excluding tert-OH is 5. The van der Waals surface area contributed by atoms with E-state index < -0.39 is 75.7 Å². The van der Waals surface area contributed by atoms with Gasteiger partial charge in [-0.3, -0.25) is 18.6 Å². The summed E-state index contributed by atoms with van der Waals surface area (Å²) in [5.74, 6) is -1.23. The molecule has 258 valence electrons. The average Bonchev–Trinajstić information content (AvgIpc) is 3.01. The Balaban J connectivity index is 2.64. The highest BCUT2D eigenvalue weighted by Gasteiger charge is 2.51. The Labute approximate surface area is 265 Å². The Morgan fingerprint density at radius 1 is 0.711 bits per heavy atom. The summed E-state index contributed by atoms with van der Waals surface area (Å²) < 4.78 is 32.7. The third kappa shape index (κ3) is 17.3. The molecule has 6 atom stereocenters. The van der Waals surface area contributed by atoms with Gasteiger partial charge in [0.15, 0.2) is 6.10 Å². The topological polar surface area (TPSA) is 210 Å². The first-order valence-corrected chi connectivity index (χ1v) is 16.9. The van der Waals surface area contributed by atoms with Crippen LogP contribution in [0.4, 0.5) is 0 Å². The summed E-state index contributed by atoms with van der Waals surface area (Å²) in [5, 5.41) is 49.5. The standard InChI is InChI=1S/C31H51O13P/c1-3-5-7-8-9-10-11-12-13-14-15-16-18-20-25(33)43-23(21-41-24(32)19-17-6-4-2)22-42-45(39,40)44-31-29(37)27(35)26(34)28(36)30(31)38/h5,7,9-10,12-13,15-16,23,26-31,34-38H,3-4,6,8,11,14,17-22H2,1-2H3,(H,39,40)/b7-5-,10-9-,13-12-,16-15-. The number of hydrogen-bond acceptors (Lipinski definition) is 12. The number of carbonyl (C=O) groups is 2. The molecule has 0 aromatic rings. The molecule has 1 saturated carbocycles. The van der Waals surface area contributed by atoms with Crippen LogP contribution in [0.2, 0.25) is 0 Å². The molecule has 0 amide bonds. The lowest BCUT2D eigenvalue weighted by atomic mass is 9.85. The molecular weight excluding hydrogens is 611 g/mol. The molecule has 0 spiro atoms. The molecule has 13 nitrogen and oxygen atoms in total. The summed E-state index contributed by atoms with van der Waals surface area (Å²) in [4.78, 5) is 34.7. The monoisotopic (exact) mass is 662 g/mol. The number of phosphoric ester groups is 1. The van der Waals surface area contributed by atoms with Crippen LogP contribution >= 0.6 is 7.82 Å². The molecule has 14 heteroatoms. The highest BCUT2D eigenvalue weighted by Crippen LogP contribution is 2.47. The molecule has 0 radical (unpaired) electrons. The lowest BCUT2D eigenvalue weighted by molar-refractivity contribution is -0.220. The normalized spacial score (nSPS) is 26.1. The highest BCUT2D eigenvalue weighted by molar-refractivity contribution is 7.47. The minimum atomic E-state index is -5.11. The quantitative estimate of drug-likeness (QED) is 0.0427. The van der Waals surface area contributed by atoms with Crippen molar-refractivity contribution in [2.45, 2.75) is 121 Å². The van der Waals surface area contributed by atoms with Gasteiger partial charge in [0.25, 0.3) is 0 Å². The number of hydrogen-bond donors (Lipinski definition) is 6. The van der Waals surface area contributed by atoms with Crippen LogP contribution < -0.4 is 0 Å². The summed E-state index contributed by atoms with van der Waals surface area (Å²) in [6.07, 6.45) is 9.12. The maximum absolute atomic E-state index is 12.6. The zero-order valence-corrected chi connectivity index (χ0v) is 27.0. The Morgan fingerprint density at radius 2 is 1.24 bits per heavy atom. The maximum atomic E-state index is 12.6. The van der Waals surface area contributed by atoms with E-state index in [1.54, 1.807) is 0 Å². The van der Waals surface area contributed by atoms with Gasteiger partial charge in [-0.05, 0) is 38.5 Å². The number of ether oxygens (including phenoxy) is 2. The van der Waals surface area contributed by atoms with Gasteiger partial charge in [-0.25, -0.2) is 4.57 Å². The number of phosphoric acid groups is 1. The molecule has 0 aliphatic heterocycles. The molecule has 1 aliphatic rings. The number of allylic oxidation sites excluding steroid dienone is 8. The molecule has 1 rings (SSSR count). The number of esters is 2. The Bertz CT molecular complexity index is 995. The minimum absolute atomic E-state index is 0.0268. The Morgan fingerprint density at radius 3 is 1.80 bits per heavy atom. The van der Waals surface area contributed by atoms with Crippen molar-refractivity contribution in [3.63, 3.8) is 0 Å². The average molecular weight is 663 g/mol. The predicted molar refractivity (Wildman–Crippen MR) is 166 cm³/mol. The fraction of sp³-hybridized carbons (Fsp3) is 0.677. The van der Waals surface area contributed by atoms with Crippen LogP contribution in [0.25, 0.3) is 0 Å². The van der Waals surface area contributed by atoms with Crippen molar-refractivity contribution in [2.24, 2.45) is 0 Å². The van der Waals surface area contributed by atoms with Gasteiger partial charge in [0, 0.05) is 12.8 Å². The smallest absolute Gasteiger partial charge is 0.462 e. The first-order valence-electron chi connectivity index (χ1n) is 15.4. The second-order valence-electron chi connectivity index (χ2n) is 10.6. The van der Waals surface area contributed by atoms with E-state index in [9.17, 15) is 44.6 Å². The largest absolute Gasteiger partial charge is 0.472 e. The lowest BCUT2D eigenvalue weighted by Crippen LogP contribution is -2.64. The van der Waals surface area contributed by atoms with Crippen LogP contribution in [0.1, 0.15) is 78.1 Å². The van der Waals surface area contributed by atoms with Crippen LogP contribution in [-0.4, -0.2) is 98.3 Å². The fourth-order valence-corrected chi connectivity index (χ4v) is 5.09. The van der Waals surface area contributed by atoms with E-state index in [4.69, 9.17) is 18.5 Å². The molecule has 0 aromatic carbocycles. The van der Waals surface area contributed by atoms with Crippen LogP contribution in [0, 0.1) is 0 Å². The summed E-state index contributed by atoms with van der Waals surface area (Å²) in [6, 6.07) is 0. The van der Waals surface area contributed by atoms with Gasteiger partial charge in [-0.1, -0.05) is 75.3 Å². The zero-order valence-electron chi connectivity index (χ0n) is 26.1. The highest BCUT2D eigenvalue weighted by atomic mass is 31.2. The van der Waals surface area contributed by atoms with Crippen LogP contribution in [0.5, 0.6) is 0 Å². The molecule has 6 unspecified atom stereocenters. The van der Waals surface area contributed by atoms with Gasteiger partial charge < -0.3 is 39.9 Å².